The van der Waals surface area contributed by atoms with Gasteiger partial charge in [-0.2, -0.15) is 0 Å². The van der Waals surface area contributed by atoms with Crippen LogP contribution in [0, 0.1) is 0 Å². The summed E-state index contributed by atoms with van der Waals surface area (Å²) in [5.74, 6) is -2.51. The molecule has 0 fully saturated rings. The number of nitrogens with two attached hydrogens (primary N) is 2. The Morgan fingerprint density at radius 1 is 0.771 bits per heavy atom. The molecule has 48 heavy (non-hydrogen) atoms. The Bertz CT molecular complexity index is 1730. The van der Waals surface area contributed by atoms with Gasteiger partial charge in [0.05, 0.1) is 6.04 Å². The first-order valence-electron chi connectivity index (χ1n) is 16.0. The molecule has 1 aliphatic rings. The Morgan fingerprint density at radius 3 is 1.90 bits per heavy atom. The van der Waals surface area contributed by atoms with Crippen molar-refractivity contribution in [3.8, 4) is 5.75 Å². The first-order chi connectivity index (χ1) is 23.1. The molecule has 0 radical (unpaired) electrons. The Balaban J connectivity index is 1.40. The van der Waals surface area contributed by atoms with Gasteiger partial charge >= 0.3 is 0 Å². The SMILES string of the molecule is C[C@@H](c1ccc(O)cc1)[C@@H](N)C(=O)N1Cc2ccccc2C[C@@H]1C(=O)N[C@@H](Cc1ccccc1)C(=O)N[C@@H](Cc1ccccc1)C(N)=O. The fourth-order valence-electron chi connectivity index (χ4n) is 6.05. The number of fused-ring (bicyclic) bond motifs is 1. The van der Waals surface area contributed by atoms with Crippen LogP contribution < -0.4 is 22.1 Å². The van der Waals surface area contributed by atoms with E-state index in [1.165, 1.54) is 17.0 Å². The van der Waals surface area contributed by atoms with Crippen LogP contribution >= 0.6 is 0 Å². The lowest BCUT2D eigenvalue weighted by Gasteiger charge is -2.39. The summed E-state index contributed by atoms with van der Waals surface area (Å²) < 4.78 is 0. The van der Waals surface area contributed by atoms with Gasteiger partial charge in [0, 0.05) is 31.7 Å². The van der Waals surface area contributed by atoms with Crippen LogP contribution in [0.15, 0.2) is 109 Å². The molecule has 5 atom stereocenters. The molecule has 4 aromatic carbocycles. The summed E-state index contributed by atoms with van der Waals surface area (Å²) in [7, 11) is 0. The predicted octanol–water partition coefficient (Wildman–Crippen LogP) is 2.72. The van der Waals surface area contributed by atoms with E-state index >= 15 is 0 Å². The van der Waals surface area contributed by atoms with Crippen LogP contribution in [-0.4, -0.2) is 57.8 Å². The summed E-state index contributed by atoms with van der Waals surface area (Å²) in [6.07, 6.45) is 0.558. The molecule has 4 aromatic rings. The predicted molar refractivity (Wildman–Crippen MR) is 182 cm³/mol. The monoisotopic (exact) mass is 647 g/mol. The Hall–Kier alpha value is -5.48. The van der Waals surface area contributed by atoms with Crippen molar-refractivity contribution in [3.63, 3.8) is 0 Å². The zero-order chi connectivity index (χ0) is 34.2. The summed E-state index contributed by atoms with van der Waals surface area (Å²) in [6.45, 7) is 1.99. The highest BCUT2D eigenvalue weighted by molar-refractivity contribution is 5.95. The molecule has 7 N–H and O–H groups in total. The second-order valence-corrected chi connectivity index (χ2v) is 12.3. The van der Waals surface area contributed by atoms with Crippen LogP contribution in [0.5, 0.6) is 5.75 Å². The van der Waals surface area contributed by atoms with E-state index in [9.17, 15) is 24.3 Å². The second kappa shape index (κ2) is 15.4. The molecule has 4 amide bonds. The standard InChI is InChI=1S/C38H41N5O5/c1-24(27-16-18-30(44)19-17-27)34(39)38(48)43-23-29-15-9-8-14-28(29)22-33(43)37(47)42-32(21-26-12-6-3-7-13-26)36(46)41-31(35(40)45)20-25-10-4-2-5-11-25/h2-19,24,31-34,44H,20-23,39H2,1H3,(H2,40,45)(H,41,46)(H,42,47)/t24-,31-,32-,33+,34+/m0/s1. The number of aromatic hydroxyl groups is 1. The van der Waals surface area contributed by atoms with E-state index in [1.54, 1.807) is 12.1 Å². The second-order valence-electron chi connectivity index (χ2n) is 12.3. The average molecular weight is 648 g/mol. The Labute approximate surface area is 280 Å². The van der Waals surface area contributed by atoms with Crippen molar-refractivity contribution in [2.24, 2.45) is 11.5 Å². The number of amides is 4. The van der Waals surface area contributed by atoms with Crippen molar-refractivity contribution in [2.45, 2.75) is 62.8 Å². The molecule has 10 nitrogen and oxygen atoms in total. The van der Waals surface area contributed by atoms with Crippen molar-refractivity contribution >= 4 is 23.6 Å². The van der Waals surface area contributed by atoms with Gasteiger partial charge in [0.2, 0.25) is 23.6 Å². The number of rotatable bonds is 12. The summed E-state index contributed by atoms with van der Waals surface area (Å²) in [4.78, 5) is 56.0. The van der Waals surface area contributed by atoms with Gasteiger partial charge in [-0.15, -0.1) is 0 Å². The first-order valence-corrected chi connectivity index (χ1v) is 16.0. The molecule has 0 bridgehead atoms. The number of phenolic OH excluding ortho intramolecular Hbond substituents is 1. The molecular weight excluding hydrogens is 606 g/mol. The molecular formula is C38H41N5O5. The molecule has 1 heterocycles. The number of nitrogens with zero attached hydrogens (tertiary/aromatic N) is 1. The van der Waals surface area contributed by atoms with Crippen molar-refractivity contribution in [2.75, 3.05) is 0 Å². The fraction of sp³-hybridized carbons (Fsp3) is 0.263. The zero-order valence-corrected chi connectivity index (χ0v) is 26.8. The molecule has 0 aromatic heterocycles. The quantitative estimate of drug-likeness (QED) is 0.159. The van der Waals surface area contributed by atoms with Crippen molar-refractivity contribution in [1.29, 1.82) is 0 Å². The number of hydrogen-bond acceptors (Lipinski definition) is 6. The minimum Gasteiger partial charge on any atom is -0.508 e. The molecule has 0 unspecified atom stereocenters. The van der Waals surface area contributed by atoms with Crippen LogP contribution in [0.3, 0.4) is 0 Å². The molecule has 1 aliphatic heterocycles. The Morgan fingerprint density at radius 2 is 1.31 bits per heavy atom. The maximum atomic E-state index is 14.2. The number of benzene rings is 4. The topological polar surface area (TPSA) is 168 Å². The van der Waals surface area contributed by atoms with Crippen molar-refractivity contribution in [3.05, 3.63) is 137 Å². The van der Waals surface area contributed by atoms with Gasteiger partial charge in [-0.25, -0.2) is 0 Å². The van der Waals surface area contributed by atoms with E-state index in [2.05, 4.69) is 10.6 Å². The van der Waals surface area contributed by atoms with Gasteiger partial charge in [0.1, 0.15) is 23.9 Å². The molecule has 0 spiro atoms. The van der Waals surface area contributed by atoms with Gasteiger partial charge in [-0.1, -0.05) is 104 Å². The maximum Gasteiger partial charge on any atom is 0.243 e. The maximum absolute atomic E-state index is 14.2. The number of primary amides is 1. The summed E-state index contributed by atoms with van der Waals surface area (Å²) >= 11 is 0. The first kappa shape index (κ1) is 33.9. The largest absolute Gasteiger partial charge is 0.508 e. The number of hydrogen-bond donors (Lipinski definition) is 5. The highest BCUT2D eigenvalue weighted by atomic mass is 16.3. The summed E-state index contributed by atoms with van der Waals surface area (Å²) in [6, 6.07) is 28.5. The number of phenols is 1. The average Bonchev–Trinajstić information content (AvgIpc) is 3.10. The van der Waals surface area contributed by atoms with Gasteiger partial charge in [0.25, 0.3) is 0 Å². The van der Waals surface area contributed by atoms with Gasteiger partial charge in [-0.3, -0.25) is 19.2 Å². The van der Waals surface area contributed by atoms with E-state index in [1.807, 2.05) is 91.9 Å². The van der Waals surface area contributed by atoms with Gasteiger partial charge in [0.15, 0.2) is 0 Å². The van der Waals surface area contributed by atoms with Crippen LogP contribution in [0.25, 0.3) is 0 Å². The van der Waals surface area contributed by atoms with E-state index in [0.29, 0.717) is 0 Å². The highest BCUT2D eigenvalue weighted by Gasteiger charge is 2.39. The lowest BCUT2D eigenvalue weighted by molar-refractivity contribution is -0.144. The van der Waals surface area contributed by atoms with E-state index in [0.717, 1.165) is 27.8 Å². The third-order valence-electron chi connectivity index (χ3n) is 8.94. The third kappa shape index (κ3) is 8.26. The highest BCUT2D eigenvalue weighted by Crippen LogP contribution is 2.28. The van der Waals surface area contributed by atoms with Gasteiger partial charge in [-0.05, 0) is 39.9 Å². The summed E-state index contributed by atoms with van der Waals surface area (Å²) in [5, 5.41) is 15.4. The molecule has 5 rings (SSSR count). The van der Waals surface area contributed by atoms with Crippen LogP contribution in [0.2, 0.25) is 0 Å². The van der Waals surface area contributed by atoms with Crippen LogP contribution in [0.1, 0.15) is 40.7 Å². The minimum atomic E-state index is -1.07. The zero-order valence-electron chi connectivity index (χ0n) is 26.8. The minimum absolute atomic E-state index is 0.103. The lowest BCUT2D eigenvalue weighted by atomic mass is 9.89. The Kier molecular flexibility index (Phi) is 10.9. The van der Waals surface area contributed by atoms with Crippen LogP contribution in [-0.2, 0) is 45.0 Å². The number of carbonyl (C=O) groups is 4. The molecule has 0 saturated carbocycles. The van der Waals surface area contributed by atoms with E-state index < -0.39 is 53.7 Å². The van der Waals surface area contributed by atoms with Crippen molar-refractivity contribution in [1.82, 2.24) is 15.5 Å². The van der Waals surface area contributed by atoms with E-state index in [4.69, 9.17) is 11.5 Å². The van der Waals surface area contributed by atoms with Crippen molar-refractivity contribution < 1.29 is 24.3 Å². The van der Waals surface area contributed by atoms with E-state index in [-0.39, 0.29) is 31.6 Å². The fourth-order valence-corrected chi connectivity index (χ4v) is 6.05. The number of carbonyl (C=O) groups excluding carboxylic acids is 4. The normalized spacial score (nSPS) is 16.5. The molecule has 10 heteroatoms. The molecule has 0 saturated heterocycles. The lowest BCUT2D eigenvalue weighted by Crippen LogP contribution is -2.60. The number of nitrogens with one attached hydrogen (secondary N) is 2. The smallest absolute Gasteiger partial charge is 0.243 e. The molecule has 248 valence electrons. The third-order valence-corrected chi connectivity index (χ3v) is 8.94. The molecule has 0 aliphatic carbocycles. The summed E-state index contributed by atoms with van der Waals surface area (Å²) in [5.41, 5.74) is 16.4. The van der Waals surface area contributed by atoms with Gasteiger partial charge < -0.3 is 32.1 Å². The van der Waals surface area contributed by atoms with Crippen LogP contribution in [0.4, 0.5) is 0 Å².